The molecule has 7 heteroatoms. The number of amides is 3. The molecule has 0 aromatic heterocycles. The quantitative estimate of drug-likeness (QED) is 0.636. The summed E-state index contributed by atoms with van der Waals surface area (Å²) in [6.45, 7) is 4.44. The van der Waals surface area contributed by atoms with Crippen molar-refractivity contribution in [3.8, 4) is 0 Å². The van der Waals surface area contributed by atoms with Crippen LogP contribution in [0.3, 0.4) is 0 Å². The van der Waals surface area contributed by atoms with Crippen LogP contribution >= 0.6 is 11.8 Å². The molecule has 3 unspecified atom stereocenters. The molecular formula is C24H31N3O3S. The molecule has 1 aromatic rings. The van der Waals surface area contributed by atoms with E-state index in [2.05, 4.69) is 16.7 Å². The van der Waals surface area contributed by atoms with Gasteiger partial charge in [-0.25, -0.2) is 0 Å². The van der Waals surface area contributed by atoms with Crippen LogP contribution in [0.15, 0.2) is 35.9 Å². The Labute approximate surface area is 188 Å². The minimum Gasteiger partial charge on any atom is -0.354 e. The molecule has 2 heterocycles. The molecular weight excluding hydrogens is 410 g/mol. The minimum atomic E-state index is -0.614. The molecule has 1 fully saturated rings. The monoisotopic (exact) mass is 441 g/mol. The molecule has 4 rings (SSSR count). The molecule has 31 heavy (non-hydrogen) atoms. The molecule has 2 N–H and O–H groups in total. The smallest absolute Gasteiger partial charge is 0.256 e. The zero-order valence-electron chi connectivity index (χ0n) is 18.2. The van der Waals surface area contributed by atoms with Crippen molar-refractivity contribution >= 4 is 29.5 Å². The zero-order chi connectivity index (χ0) is 22.0. The lowest BCUT2D eigenvalue weighted by atomic mass is 9.97. The van der Waals surface area contributed by atoms with E-state index in [1.807, 2.05) is 38.1 Å². The third-order valence-electron chi connectivity index (χ3n) is 6.37. The third kappa shape index (κ3) is 4.52. The topological polar surface area (TPSA) is 78.5 Å². The van der Waals surface area contributed by atoms with Gasteiger partial charge in [0.1, 0.15) is 17.5 Å². The van der Waals surface area contributed by atoms with E-state index in [1.165, 1.54) is 18.4 Å². The molecule has 0 radical (unpaired) electrons. The average Bonchev–Trinajstić information content (AvgIpc) is 3.33. The fraction of sp³-hybridized carbons (Fsp3) is 0.542. The maximum absolute atomic E-state index is 13.1. The van der Waals surface area contributed by atoms with Gasteiger partial charge in [-0.05, 0) is 49.7 Å². The number of allylic oxidation sites excluding steroid dienone is 1. The lowest BCUT2D eigenvalue weighted by Gasteiger charge is -2.27. The highest BCUT2D eigenvalue weighted by Crippen LogP contribution is 2.48. The first-order chi connectivity index (χ1) is 15.0. The lowest BCUT2D eigenvalue weighted by molar-refractivity contribution is -0.131. The van der Waals surface area contributed by atoms with Crippen LogP contribution in [0, 0.1) is 5.92 Å². The van der Waals surface area contributed by atoms with Crippen LogP contribution in [0.4, 0.5) is 0 Å². The second kappa shape index (κ2) is 9.47. The van der Waals surface area contributed by atoms with Crippen molar-refractivity contribution in [2.45, 2.75) is 63.4 Å². The van der Waals surface area contributed by atoms with E-state index in [1.54, 1.807) is 16.7 Å². The van der Waals surface area contributed by atoms with E-state index in [0.29, 0.717) is 17.9 Å². The molecule has 3 aliphatic rings. The molecule has 0 bridgehead atoms. The van der Waals surface area contributed by atoms with E-state index in [-0.39, 0.29) is 29.0 Å². The first-order valence-electron chi connectivity index (χ1n) is 11.3. The number of fused-ring (bicyclic) bond motifs is 3. The SMILES string of the molecule is CC(C)C(NC(=O)C1CSC2c3ccccc3C(=O)N12)C(=O)NCCC1=CCCCC1. The van der Waals surface area contributed by atoms with E-state index in [4.69, 9.17) is 0 Å². The Balaban J connectivity index is 1.36. The van der Waals surface area contributed by atoms with Gasteiger partial charge in [0.05, 0.1) is 0 Å². The number of nitrogens with one attached hydrogen (secondary N) is 2. The highest BCUT2D eigenvalue weighted by atomic mass is 32.2. The fourth-order valence-electron chi connectivity index (χ4n) is 4.61. The fourth-order valence-corrected chi connectivity index (χ4v) is 6.08. The Kier molecular flexibility index (Phi) is 6.70. The second-order valence-corrected chi connectivity index (χ2v) is 9.99. The number of hydrogen-bond acceptors (Lipinski definition) is 4. The Morgan fingerprint density at radius 3 is 2.77 bits per heavy atom. The van der Waals surface area contributed by atoms with Gasteiger partial charge in [0.2, 0.25) is 11.8 Å². The first-order valence-corrected chi connectivity index (χ1v) is 12.3. The summed E-state index contributed by atoms with van der Waals surface area (Å²) in [6, 6.07) is 6.37. The van der Waals surface area contributed by atoms with Crippen LogP contribution in [0.25, 0.3) is 0 Å². The highest BCUT2D eigenvalue weighted by Gasteiger charge is 2.48. The Morgan fingerprint density at radius 1 is 1.23 bits per heavy atom. The molecule has 1 saturated heterocycles. The molecule has 166 valence electrons. The average molecular weight is 442 g/mol. The van der Waals surface area contributed by atoms with Gasteiger partial charge >= 0.3 is 0 Å². The van der Waals surface area contributed by atoms with Crippen LogP contribution < -0.4 is 10.6 Å². The summed E-state index contributed by atoms with van der Waals surface area (Å²) in [4.78, 5) is 40.5. The van der Waals surface area contributed by atoms with Crippen molar-refractivity contribution in [1.82, 2.24) is 15.5 Å². The van der Waals surface area contributed by atoms with E-state index < -0.39 is 12.1 Å². The summed E-state index contributed by atoms with van der Waals surface area (Å²) in [5, 5.41) is 5.81. The number of rotatable bonds is 7. The summed E-state index contributed by atoms with van der Waals surface area (Å²) < 4.78 is 0. The van der Waals surface area contributed by atoms with E-state index >= 15 is 0 Å². The van der Waals surface area contributed by atoms with Crippen LogP contribution in [0.5, 0.6) is 0 Å². The lowest BCUT2D eigenvalue weighted by Crippen LogP contribution is -2.55. The van der Waals surface area contributed by atoms with Gasteiger partial charge in [-0.1, -0.05) is 43.7 Å². The minimum absolute atomic E-state index is 0.0471. The zero-order valence-corrected chi connectivity index (χ0v) is 19.0. The molecule has 2 aliphatic heterocycles. The molecule has 6 nitrogen and oxygen atoms in total. The number of carbonyl (C=O) groups excluding carboxylic acids is 3. The number of hydrogen-bond donors (Lipinski definition) is 2. The molecule has 1 aromatic carbocycles. The molecule has 3 amide bonds. The second-order valence-electron chi connectivity index (χ2n) is 8.88. The van der Waals surface area contributed by atoms with Crippen LogP contribution in [0.1, 0.15) is 67.2 Å². The van der Waals surface area contributed by atoms with E-state index in [0.717, 1.165) is 24.8 Å². The predicted molar refractivity (Wildman–Crippen MR) is 123 cm³/mol. The number of nitrogens with zero attached hydrogens (tertiary/aromatic N) is 1. The standard InChI is InChI=1S/C24H31N3O3S/c1-15(2)20(22(29)25-13-12-16-8-4-3-5-9-16)26-21(28)19-14-31-24-18-11-7-6-10-17(18)23(30)27(19)24/h6-8,10-11,15,19-20,24H,3-5,9,12-14H2,1-2H3,(H,25,29)(H,26,28). The summed E-state index contributed by atoms with van der Waals surface area (Å²) in [7, 11) is 0. The molecule has 1 aliphatic carbocycles. The van der Waals surface area contributed by atoms with Crippen molar-refractivity contribution in [3.63, 3.8) is 0 Å². The Hall–Kier alpha value is -2.28. The maximum atomic E-state index is 13.1. The normalized spacial score (nSPS) is 23.3. The summed E-state index contributed by atoms with van der Waals surface area (Å²) in [6.07, 6.45) is 7.88. The predicted octanol–water partition coefficient (Wildman–Crippen LogP) is 3.40. The molecule has 0 spiro atoms. The number of benzene rings is 1. The van der Waals surface area contributed by atoms with Crippen molar-refractivity contribution in [2.24, 2.45) is 5.92 Å². The maximum Gasteiger partial charge on any atom is 0.256 e. The van der Waals surface area contributed by atoms with Gasteiger partial charge in [0, 0.05) is 17.9 Å². The van der Waals surface area contributed by atoms with Crippen molar-refractivity contribution in [2.75, 3.05) is 12.3 Å². The van der Waals surface area contributed by atoms with E-state index in [9.17, 15) is 14.4 Å². The van der Waals surface area contributed by atoms with Gasteiger partial charge in [0.25, 0.3) is 5.91 Å². The highest BCUT2D eigenvalue weighted by molar-refractivity contribution is 7.99. The first kappa shape index (κ1) is 21.9. The van der Waals surface area contributed by atoms with Gasteiger partial charge in [0.15, 0.2) is 0 Å². The third-order valence-corrected chi connectivity index (χ3v) is 7.68. The van der Waals surface area contributed by atoms with Crippen LogP contribution in [-0.2, 0) is 9.59 Å². The van der Waals surface area contributed by atoms with Crippen molar-refractivity contribution in [3.05, 3.63) is 47.0 Å². The van der Waals surface area contributed by atoms with Gasteiger partial charge in [-0.3, -0.25) is 14.4 Å². The Bertz CT molecular complexity index is 898. The summed E-state index contributed by atoms with van der Waals surface area (Å²) in [5.74, 6) is -0.0128. The van der Waals surface area contributed by atoms with Gasteiger partial charge < -0.3 is 15.5 Å². The Morgan fingerprint density at radius 2 is 2.03 bits per heavy atom. The summed E-state index contributed by atoms with van der Waals surface area (Å²) in [5.41, 5.74) is 3.06. The van der Waals surface area contributed by atoms with Crippen molar-refractivity contribution in [1.29, 1.82) is 0 Å². The van der Waals surface area contributed by atoms with Gasteiger partial charge in [-0.2, -0.15) is 0 Å². The van der Waals surface area contributed by atoms with Gasteiger partial charge in [-0.15, -0.1) is 11.8 Å². The van der Waals surface area contributed by atoms with Crippen LogP contribution in [-0.4, -0.2) is 47.0 Å². The largest absolute Gasteiger partial charge is 0.354 e. The van der Waals surface area contributed by atoms with Crippen molar-refractivity contribution < 1.29 is 14.4 Å². The van der Waals surface area contributed by atoms with Crippen LogP contribution in [0.2, 0.25) is 0 Å². The number of thioether (sulfide) groups is 1. The molecule has 0 saturated carbocycles. The molecule has 3 atom stereocenters. The summed E-state index contributed by atoms with van der Waals surface area (Å²) >= 11 is 1.61. The number of carbonyl (C=O) groups is 3.